The molecule has 6 nitrogen and oxygen atoms in total. The van der Waals surface area contributed by atoms with Crippen LogP contribution in [0.4, 0.5) is 0 Å². The molecule has 0 heterocycles. The molecule has 31 heavy (non-hydrogen) atoms. The summed E-state index contributed by atoms with van der Waals surface area (Å²) in [4.78, 5) is 30.1. The van der Waals surface area contributed by atoms with Crippen molar-refractivity contribution in [1.29, 1.82) is 0 Å². The van der Waals surface area contributed by atoms with Crippen LogP contribution < -0.4 is 0 Å². The summed E-state index contributed by atoms with van der Waals surface area (Å²) in [5.41, 5.74) is 0. The van der Waals surface area contributed by atoms with Crippen LogP contribution in [-0.2, 0) is 14.4 Å². The van der Waals surface area contributed by atoms with E-state index in [2.05, 4.69) is 20.8 Å². The molecule has 0 spiro atoms. The van der Waals surface area contributed by atoms with Crippen molar-refractivity contribution in [2.24, 2.45) is 0 Å². The van der Waals surface area contributed by atoms with Gasteiger partial charge in [-0.15, -0.1) is 0 Å². The summed E-state index contributed by atoms with van der Waals surface area (Å²) in [6, 6.07) is 0. The van der Waals surface area contributed by atoms with Gasteiger partial charge in [0.1, 0.15) is 0 Å². The summed E-state index contributed by atoms with van der Waals surface area (Å²) in [5, 5.41) is 24.8. The molecule has 3 N–H and O–H groups in total. The number of carbonyl (C=O) groups is 3. The molecule has 0 rings (SSSR count). The van der Waals surface area contributed by atoms with Crippen molar-refractivity contribution < 1.29 is 67.4 Å². The fourth-order valence-electron chi connectivity index (χ4n) is 2.64. The molecule has 0 aromatic heterocycles. The molecule has 0 saturated heterocycles. The third-order valence-electron chi connectivity index (χ3n) is 4.48. The fraction of sp³-hybridized carbons (Fsp3) is 0.875. The van der Waals surface area contributed by atoms with E-state index in [0.29, 0.717) is 19.3 Å². The first kappa shape index (κ1) is 38.0. The van der Waals surface area contributed by atoms with E-state index in [1.807, 2.05) is 0 Å². The number of hydrogen-bond donors (Lipinski definition) is 3. The minimum absolute atomic E-state index is 0. The molecule has 0 unspecified atom stereocenters. The maximum atomic E-state index is 10.0. The van der Waals surface area contributed by atoms with E-state index in [4.69, 9.17) is 15.3 Å². The molecular formula is C24H48HoO6. The van der Waals surface area contributed by atoms with Crippen LogP contribution in [0.5, 0.6) is 0 Å². The Morgan fingerprint density at radius 1 is 0.419 bits per heavy atom. The van der Waals surface area contributed by atoms with Gasteiger partial charge in [0.15, 0.2) is 0 Å². The zero-order valence-corrected chi connectivity index (χ0v) is 22.0. The van der Waals surface area contributed by atoms with E-state index in [0.717, 1.165) is 38.5 Å². The average Bonchev–Trinajstić information content (AvgIpc) is 2.68. The molecule has 0 bridgehead atoms. The van der Waals surface area contributed by atoms with Crippen molar-refractivity contribution in [3.05, 3.63) is 0 Å². The second-order valence-corrected chi connectivity index (χ2v) is 7.67. The molecule has 191 valence electrons. The second-order valence-electron chi connectivity index (χ2n) is 7.67. The fourth-order valence-corrected chi connectivity index (χ4v) is 2.64. The molecule has 0 saturated carbocycles. The molecule has 0 aromatic rings. The molecule has 0 aliphatic carbocycles. The van der Waals surface area contributed by atoms with E-state index < -0.39 is 17.9 Å². The predicted octanol–water partition coefficient (Wildman–Crippen LogP) is 7.29. The third-order valence-corrected chi connectivity index (χ3v) is 4.48. The Balaban J connectivity index is -0.000000174. The van der Waals surface area contributed by atoms with Crippen molar-refractivity contribution in [3.8, 4) is 0 Å². The molecule has 0 amide bonds. The normalized spacial score (nSPS) is 9.39. The zero-order chi connectivity index (χ0) is 23.5. The zero-order valence-electron chi connectivity index (χ0n) is 20.1. The van der Waals surface area contributed by atoms with Crippen LogP contribution in [0.1, 0.15) is 136 Å². The smallest absolute Gasteiger partial charge is 0.303 e. The maximum absolute atomic E-state index is 10.0. The monoisotopic (exact) mass is 597 g/mol. The van der Waals surface area contributed by atoms with Gasteiger partial charge in [-0.1, -0.05) is 97.8 Å². The molecule has 0 aliphatic heterocycles. The van der Waals surface area contributed by atoms with Crippen LogP contribution in [0.15, 0.2) is 0 Å². The Morgan fingerprint density at radius 2 is 0.613 bits per heavy atom. The van der Waals surface area contributed by atoms with Crippen molar-refractivity contribution >= 4 is 17.9 Å². The van der Waals surface area contributed by atoms with Crippen LogP contribution in [0.3, 0.4) is 0 Å². The summed E-state index contributed by atoms with van der Waals surface area (Å²) < 4.78 is 0. The van der Waals surface area contributed by atoms with Crippen LogP contribution in [-0.4, -0.2) is 33.2 Å². The van der Waals surface area contributed by atoms with Gasteiger partial charge in [0.25, 0.3) is 0 Å². The Morgan fingerprint density at radius 3 is 0.774 bits per heavy atom. The Kier molecular flexibility index (Phi) is 42.0. The second kappa shape index (κ2) is 34.3. The Bertz CT molecular complexity index is 331. The number of aliphatic carboxylic acids is 3. The number of unbranched alkanes of at least 4 members (excludes halogenated alkanes) is 12. The maximum Gasteiger partial charge on any atom is 0.303 e. The standard InChI is InChI=1S/3C8H16O2.Ho/c3*1-2-3-4-5-6-7-8(9)10;/h3*2-7H2,1H3,(H,9,10);. The van der Waals surface area contributed by atoms with E-state index in [-0.39, 0.29) is 37.7 Å². The van der Waals surface area contributed by atoms with Crippen molar-refractivity contribution in [3.63, 3.8) is 0 Å². The first-order valence-corrected chi connectivity index (χ1v) is 12.0. The Labute approximate surface area is 220 Å². The Hall–Kier alpha value is -0.330. The summed E-state index contributed by atoms with van der Waals surface area (Å²) in [6.07, 6.45) is 17.7. The first-order valence-electron chi connectivity index (χ1n) is 12.0. The van der Waals surface area contributed by atoms with Gasteiger partial charge in [-0.3, -0.25) is 14.4 Å². The van der Waals surface area contributed by atoms with E-state index in [1.165, 1.54) is 57.8 Å². The van der Waals surface area contributed by atoms with Gasteiger partial charge in [0, 0.05) is 57.0 Å². The van der Waals surface area contributed by atoms with Crippen molar-refractivity contribution in [2.45, 2.75) is 136 Å². The van der Waals surface area contributed by atoms with E-state index >= 15 is 0 Å². The molecular weight excluding hydrogens is 549 g/mol. The van der Waals surface area contributed by atoms with Gasteiger partial charge in [-0.25, -0.2) is 0 Å². The average molecular weight is 598 g/mol. The number of rotatable bonds is 18. The van der Waals surface area contributed by atoms with Crippen molar-refractivity contribution in [1.82, 2.24) is 0 Å². The van der Waals surface area contributed by atoms with Crippen LogP contribution in [0.25, 0.3) is 0 Å². The molecule has 0 atom stereocenters. The molecule has 0 fully saturated rings. The number of carboxylic acids is 3. The van der Waals surface area contributed by atoms with Crippen molar-refractivity contribution in [2.75, 3.05) is 0 Å². The summed E-state index contributed by atoms with van der Waals surface area (Å²) in [7, 11) is 0. The van der Waals surface area contributed by atoms with Crippen LogP contribution >= 0.6 is 0 Å². The largest absolute Gasteiger partial charge is 0.481 e. The summed E-state index contributed by atoms with van der Waals surface area (Å²) in [5.74, 6) is -2.01. The molecule has 7 heteroatoms. The SMILES string of the molecule is CCCCCCCC(=O)O.CCCCCCCC(=O)O.CCCCCCCC(=O)O.[Ho]. The quantitative estimate of drug-likeness (QED) is 0.113. The van der Waals surface area contributed by atoms with Gasteiger partial charge >= 0.3 is 17.9 Å². The number of carboxylic acid groups (broad SMARTS) is 3. The van der Waals surface area contributed by atoms with Gasteiger partial charge in [0.2, 0.25) is 0 Å². The summed E-state index contributed by atoms with van der Waals surface area (Å²) >= 11 is 0. The topological polar surface area (TPSA) is 112 Å². The van der Waals surface area contributed by atoms with Crippen LogP contribution in [0, 0.1) is 37.7 Å². The van der Waals surface area contributed by atoms with Crippen LogP contribution in [0.2, 0.25) is 0 Å². The molecule has 1 radical (unpaired) electrons. The van der Waals surface area contributed by atoms with E-state index in [1.54, 1.807) is 0 Å². The summed E-state index contributed by atoms with van der Waals surface area (Å²) in [6.45, 7) is 6.45. The van der Waals surface area contributed by atoms with Gasteiger partial charge < -0.3 is 15.3 Å². The van der Waals surface area contributed by atoms with Gasteiger partial charge in [-0.2, -0.15) is 0 Å². The third kappa shape index (κ3) is 53.2. The predicted molar refractivity (Wildman–Crippen MR) is 123 cm³/mol. The minimum Gasteiger partial charge on any atom is -0.481 e. The first-order chi connectivity index (χ1) is 14.3. The molecule has 0 aliphatic rings. The number of hydrogen-bond acceptors (Lipinski definition) is 3. The van der Waals surface area contributed by atoms with E-state index in [9.17, 15) is 14.4 Å². The minimum atomic E-state index is -0.670. The van der Waals surface area contributed by atoms with Gasteiger partial charge in [-0.05, 0) is 19.3 Å². The van der Waals surface area contributed by atoms with Gasteiger partial charge in [0.05, 0.1) is 0 Å². The molecule has 0 aromatic carbocycles.